The van der Waals surface area contributed by atoms with Crippen LogP contribution in [0.15, 0.2) is 0 Å². The number of nitrogens with zero attached hydrogens (tertiary/aromatic N) is 1. The maximum Gasteiger partial charge on any atom is 0.240 e. The lowest BCUT2D eigenvalue weighted by atomic mass is 9.82. The first-order valence-electron chi connectivity index (χ1n) is 7.04. The number of amides is 1. The van der Waals surface area contributed by atoms with Crippen LogP contribution in [-0.2, 0) is 4.79 Å². The molecule has 1 unspecified atom stereocenters. The van der Waals surface area contributed by atoms with Crippen molar-refractivity contribution in [3.8, 4) is 0 Å². The van der Waals surface area contributed by atoms with Gasteiger partial charge in [-0.05, 0) is 19.3 Å². The number of rotatable bonds is 4. The summed E-state index contributed by atoms with van der Waals surface area (Å²) in [6, 6.07) is 0. The van der Waals surface area contributed by atoms with Gasteiger partial charge in [0.15, 0.2) is 0 Å². The second-order valence-corrected chi connectivity index (χ2v) is 5.66. The maximum absolute atomic E-state index is 13.0. The zero-order valence-corrected chi connectivity index (χ0v) is 11.0. The molecule has 1 heterocycles. The Morgan fingerprint density at radius 3 is 2.72 bits per heavy atom. The topological polar surface area (TPSA) is 58.4 Å². The van der Waals surface area contributed by atoms with E-state index in [0.717, 1.165) is 38.8 Å². The fourth-order valence-corrected chi connectivity index (χ4v) is 2.90. The van der Waals surface area contributed by atoms with Crippen molar-refractivity contribution in [1.82, 2.24) is 10.2 Å². The second-order valence-electron chi connectivity index (χ2n) is 5.66. The van der Waals surface area contributed by atoms with Crippen LogP contribution in [0.4, 0.5) is 4.39 Å². The van der Waals surface area contributed by atoms with Gasteiger partial charge in [0, 0.05) is 26.2 Å². The predicted octanol–water partition coefficient (Wildman–Crippen LogP) is 0.808. The van der Waals surface area contributed by atoms with Gasteiger partial charge in [-0.25, -0.2) is 4.39 Å². The number of nitrogens with two attached hydrogens (primary N) is 1. The van der Waals surface area contributed by atoms with Crippen molar-refractivity contribution in [2.24, 2.45) is 5.73 Å². The number of halogens is 1. The fraction of sp³-hybridized carbons (Fsp3) is 0.923. The first-order valence-corrected chi connectivity index (χ1v) is 7.04. The van der Waals surface area contributed by atoms with Crippen LogP contribution in [-0.4, -0.2) is 48.7 Å². The van der Waals surface area contributed by atoms with Crippen molar-refractivity contribution in [1.29, 1.82) is 0 Å². The van der Waals surface area contributed by atoms with E-state index in [1.807, 2.05) is 0 Å². The highest BCUT2D eigenvalue weighted by Crippen LogP contribution is 2.25. The van der Waals surface area contributed by atoms with Gasteiger partial charge in [0.05, 0.1) is 5.54 Å². The van der Waals surface area contributed by atoms with Crippen LogP contribution < -0.4 is 11.1 Å². The summed E-state index contributed by atoms with van der Waals surface area (Å²) in [5.41, 5.74) is 5.47. The Labute approximate surface area is 108 Å². The summed E-state index contributed by atoms with van der Waals surface area (Å²) in [7, 11) is 0. The Kier molecular flexibility index (Phi) is 4.56. The van der Waals surface area contributed by atoms with Crippen molar-refractivity contribution >= 4 is 5.91 Å². The van der Waals surface area contributed by atoms with Crippen molar-refractivity contribution < 1.29 is 9.18 Å². The Morgan fingerprint density at radius 2 is 2.11 bits per heavy atom. The number of carbonyl (C=O) groups is 1. The van der Waals surface area contributed by atoms with Crippen LogP contribution in [0.3, 0.4) is 0 Å². The summed E-state index contributed by atoms with van der Waals surface area (Å²) in [6.07, 6.45) is 4.76. The van der Waals surface area contributed by atoms with Crippen LogP contribution in [0.5, 0.6) is 0 Å². The number of nitrogens with one attached hydrogen (secondary N) is 1. The van der Waals surface area contributed by atoms with Gasteiger partial charge in [-0.1, -0.05) is 19.3 Å². The maximum atomic E-state index is 13.0. The molecule has 1 aliphatic carbocycles. The standard InChI is InChI=1S/C13H24FN3O/c14-11-4-8-17(10-11)9-7-16-12(18)13(15)5-2-1-3-6-13/h11H,1-10,15H2,(H,16,18). The number of likely N-dealkylation sites (tertiary alicyclic amines) is 1. The molecule has 1 amide bonds. The quantitative estimate of drug-likeness (QED) is 0.783. The van der Waals surface area contributed by atoms with Crippen LogP contribution in [0.2, 0.25) is 0 Å². The Hall–Kier alpha value is -0.680. The molecule has 1 saturated carbocycles. The molecular formula is C13H24FN3O. The van der Waals surface area contributed by atoms with E-state index in [1.54, 1.807) is 0 Å². The average molecular weight is 257 g/mol. The highest BCUT2D eigenvalue weighted by atomic mass is 19.1. The van der Waals surface area contributed by atoms with E-state index in [1.165, 1.54) is 6.42 Å². The number of hydrogen-bond donors (Lipinski definition) is 2. The van der Waals surface area contributed by atoms with Gasteiger partial charge in [0.1, 0.15) is 6.17 Å². The molecule has 0 aromatic rings. The molecule has 2 fully saturated rings. The molecule has 104 valence electrons. The lowest BCUT2D eigenvalue weighted by Crippen LogP contribution is -2.55. The molecule has 4 nitrogen and oxygen atoms in total. The Balaban J connectivity index is 1.68. The number of alkyl halides is 1. The Morgan fingerprint density at radius 1 is 1.39 bits per heavy atom. The van der Waals surface area contributed by atoms with Gasteiger partial charge in [0.25, 0.3) is 0 Å². The third-order valence-electron chi connectivity index (χ3n) is 4.13. The number of hydrogen-bond acceptors (Lipinski definition) is 3. The molecule has 0 aromatic carbocycles. The highest BCUT2D eigenvalue weighted by Gasteiger charge is 2.35. The van der Waals surface area contributed by atoms with Gasteiger partial charge in [-0.3, -0.25) is 9.69 Å². The zero-order valence-electron chi connectivity index (χ0n) is 11.0. The highest BCUT2D eigenvalue weighted by molar-refractivity contribution is 5.86. The molecule has 18 heavy (non-hydrogen) atoms. The molecule has 1 aliphatic heterocycles. The summed E-state index contributed by atoms with van der Waals surface area (Å²) in [5, 5.41) is 2.91. The SMILES string of the molecule is NC1(C(=O)NCCN2CCC(F)C2)CCCCC1. The molecule has 2 rings (SSSR count). The largest absolute Gasteiger partial charge is 0.353 e. The van der Waals surface area contributed by atoms with Gasteiger partial charge < -0.3 is 11.1 Å². The first kappa shape index (κ1) is 13.7. The van der Waals surface area contributed by atoms with E-state index >= 15 is 0 Å². The van der Waals surface area contributed by atoms with Crippen molar-refractivity contribution in [3.63, 3.8) is 0 Å². The molecule has 2 aliphatic rings. The van der Waals surface area contributed by atoms with E-state index in [-0.39, 0.29) is 5.91 Å². The van der Waals surface area contributed by atoms with Crippen molar-refractivity contribution in [2.75, 3.05) is 26.2 Å². The molecule has 0 spiro atoms. The summed E-state index contributed by atoms with van der Waals surface area (Å²) < 4.78 is 13.0. The average Bonchev–Trinajstić information content (AvgIpc) is 2.76. The normalized spacial score (nSPS) is 28.2. The zero-order chi connectivity index (χ0) is 13.0. The van der Waals surface area contributed by atoms with Gasteiger partial charge in [0.2, 0.25) is 5.91 Å². The molecule has 0 radical (unpaired) electrons. The molecule has 0 aromatic heterocycles. The molecule has 3 N–H and O–H groups in total. The fourth-order valence-electron chi connectivity index (χ4n) is 2.90. The molecule has 0 bridgehead atoms. The minimum absolute atomic E-state index is 0.0294. The monoisotopic (exact) mass is 257 g/mol. The lowest BCUT2D eigenvalue weighted by molar-refractivity contribution is -0.127. The predicted molar refractivity (Wildman–Crippen MR) is 69.0 cm³/mol. The summed E-state index contributed by atoms with van der Waals surface area (Å²) in [5.74, 6) is -0.0294. The van der Waals surface area contributed by atoms with Crippen molar-refractivity contribution in [3.05, 3.63) is 0 Å². The minimum atomic E-state index is -0.695. The van der Waals surface area contributed by atoms with E-state index < -0.39 is 11.7 Å². The van der Waals surface area contributed by atoms with Gasteiger partial charge in [-0.15, -0.1) is 0 Å². The van der Waals surface area contributed by atoms with Crippen LogP contribution in [0, 0.1) is 0 Å². The van der Waals surface area contributed by atoms with E-state index in [4.69, 9.17) is 5.73 Å². The van der Waals surface area contributed by atoms with Crippen LogP contribution in [0.1, 0.15) is 38.5 Å². The third kappa shape index (κ3) is 3.42. The van der Waals surface area contributed by atoms with E-state index in [2.05, 4.69) is 10.2 Å². The smallest absolute Gasteiger partial charge is 0.240 e. The van der Waals surface area contributed by atoms with Crippen LogP contribution in [0.25, 0.3) is 0 Å². The minimum Gasteiger partial charge on any atom is -0.353 e. The van der Waals surface area contributed by atoms with E-state index in [9.17, 15) is 9.18 Å². The molecule has 1 saturated heterocycles. The molecular weight excluding hydrogens is 233 g/mol. The van der Waals surface area contributed by atoms with E-state index in [0.29, 0.717) is 19.5 Å². The van der Waals surface area contributed by atoms with Gasteiger partial charge >= 0.3 is 0 Å². The summed E-state index contributed by atoms with van der Waals surface area (Å²) in [6.45, 7) is 2.60. The number of carbonyl (C=O) groups excluding carboxylic acids is 1. The second kappa shape index (κ2) is 5.97. The lowest BCUT2D eigenvalue weighted by Gasteiger charge is -2.32. The molecule has 1 atom stereocenters. The summed E-state index contributed by atoms with van der Waals surface area (Å²) >= 11 is 0. The van der Waals surface area contributed by atoms with Crippen LogP contribution >= 0.6 is 0 Å². The first-order chi connectivity index (χ1) is 8.60. The van der Waals surface area contributed by atoms with Crippen molar-refractivity contribution in [2.45, 2.75) is 50.2 Å². The van der Waals surface area contributed by atoms with Gasteiger partial charge in [-0.2, -0.15) is 0 Å². The summed E-state index contributed by atoms with van der Waals surface area (Å²) in [4.78, 5) is 14.1. The molecule has 5 heteroatoms. The Bertz CT molecular complexity index is 292. The third-order valence-corrected chi connectivity index (χ3v) is 4.13.